The highest BCUT2D eigenvalue weighted by molar-refractivity contribution is 7.79. The molecule has 0 unspecified atom stereocenters. The standard InChI is InChI=1S/C13H9NS/c15-14-13-11-7-3-1-5-9(11)10-6-2-4-8-12(10)13/h1-8,15H. The van der Waals surface area contributed by atoms with Crippen molar-refractivity contribution < 1.29 is 0 Å². The highest BCUT2D eigenvalue weighted by Crippen LogP contribution is 2.36. The van der Waals surface area contributed by atoms with E-state index in [1.54, 1.807) is 0 Å². The van der Waals surface area contributed by atoms with Gasteiger partial charge in [0.1, 0.15) is 0 Å². The van der Waals surface area contributed by atoms with Gasteiger partial charge >= 0.3 is 0 Å². The second-order valence-corrected chi connectivity index (χ2v) is 3.74. The van der Waals surface area contributed by atoms with Crippen molar-refractivity contribution in [2.24, 2.45) is 4.40 Å². The van der Waals surface area contributed by atoms with E-state index < -0.39 is 0 Å². The summed E-state index contributed by atoms with van der Waals surface area (Å²) in [6.07, 6.45) is 0. The van der Waals surface area contributed by atoms with E-state index in [1.165, 1.54) is 22.3 Å². The summed E-state index contributed by atoms with van der Waals surface area (Å²) in [5, 5.41) is 0. The van der Waals surface area contributed by atoms with Crippen LogP contribution in [0.15, 0.2) is 52.9 Å². The Morgan fingerprint density at radius 2 is 1.07 bits per heavy atom. The Labute approximate surface area is 94.0 Å². The van der Waals surface area contributed by atoms with Crippen molar-refractivity contribution in [2.45, 2.75) is 0 Å². The fourth-order valence-electron chi connectivity index (χ4n) is 2.10. The van der Waals surface area contributed by atoms with Gasteiger partial charge in [0, 0.05) is 11.1 Å². The molecule has 0 atom stereocenters. The quantitative estimate of drug-likeness (QED) is 0.547. The van der Waals surface area contributed by atoms with Crippen LogP contribution in [0.25, 0.3) is 11.1 Å². The van der Waals surface area contributed by atoms with Gasteiger partial charge < -0.3 is 0 Å². The van der Waals surface area contributed by atoms with Crippen molar-refractivity contribution in [1.82, 2.24) is 0 Å². The van der Waals surface area contributed by atoms with Crippen LogP contribution in [-0.4, -0.2) is 5.71 Å². The van der Waals surface area contributed by atoms with Crippen molar-refractivity contribution in [3.8, 4) is 11.1 Å². The Kier molecular flexibility index (Phi) is 1.89. The fourth-order valence-corrected chi connectivity index (χ4v) is 2.32. The molecule has 0 saturated carbocycles. The first-order valence-electron chi connectivity index (χ1n) is 4.83. The van der Waals surface area contributed by atoms with Crippen LogP contribution in [0.4, 0.5) is 0 Å². The van der Waals surface area contributed by atoms with E-state index in [0.717, 1.165) is 5.71 Å². The molecule has 0 radical (unpaired) electrons. The molecule has 0 amide bonds. The second kappa shape index (κ2) is 3.24. The zero-order chi connectivity index (χ0) is 10.3. The first kappa shape index (κ1) is 8.74. The maximum atomic E-state index is 4.08. The first-order valence-corrected chi connectivity index (χ1v) is 5.23. The molecular weight excluding hydrogens is 202 g/mol. The summed E-state index contributed by atoms with van der Waals surface area (Å²) in [6.45, 7) is 0. The summed E-state index contributed by atoms with van der Waals surface area (Å²) in [6, 6.07) is 16.6. The predicted octanol–water partition coefficient (Wildman–Crippen LogP) is 3.35. The molecule has 0 aliphatic heterocycles. The Bertz CT molecular complexity index is 510. The average molecular weight is 211 g/mol. The minimum atomic E-state index is 0.976. The van der Waals surface area contributed by atoms with Gasteiger partial charge in [-0.2, -0.15) is 0 Å². The molecule has 0 saturated heterocycles. The summed E-state index contributed by atoms with van der Waals surface area (Å²) >= 11 is 4.05. The van der Waals surface area contributed by atoms with Gasteiger partial charge in [0.05, 0.1) is 5.71 Å². The van der Waals surface area contributed by atoms with Gasteiger partial charge in [0.25, 0.3) is 0 Å². The highest BCUT2D eigenvalue weighted by Gasteiger charge is 2.23. The van der Waals surface area contributed by atoms with E-state index in [2.05, 4.69) is 53.6 Å². The van der Waals surface area contributed by atoms with Gasteiger partial charge in [-0.1, -0.05) is 48.5 Å². The van der Waals surface area contributed by atoms with Crippen LogP contribution < -0.4 is 0 Å². The van der Waals surface area contributed by atoms with E-state index in [9.17, 15) is 0 Å². The lowest BCUT2D eigenvalue weighted by Crippen LogP contribution is -1.95. The number of hydrogen-bond donors (Lipinski definition) is 1. The number of benzene rings is 2. The summed E-state index contributed by atoms with van der Waals surface area (Å²) in [7, 11) is 0. The molecule has 2 heteroatoms. The van der Waals surface area contributed by atoms with Crippen LogP contribution in [-0.2, 0) is 0 Å². The second-order valence-electron chi connectivity index (χ2n) is 3.54. The van der Waals surface area contributed by atoms with E-state index in [4.69, 9.17) is 0 Å². The van der Waals surface area contributed by atoms with Gasteiger partial charge in [-0.25, -0.2) is 4.40 Å². The largest absolute Gasteiger partial charge is 0.219 e. The smallest absolute Gasteiger partial charge is 0.0867 e. The molecular formula is C13H9NS. The molecule has 2 aromatic carbocycles. The maximum absolute atomic E-state index is 4.08. The molecule has 1 aliphatic rings. The third-order valence-electron chi connectivity index (χ3n) is 2.75. The van der Waals surface area contributed by atoms with Gasteiger partial charge in [0.15, 0.2) is 0 Å². The van der Waals surface area contributed by atoms with Crippen LogP contribution in [0.5, 0.6) is 0 Å². The molecule has 0 heterocycles. The predicted molar refractivity (Wildman–Crippen MR) is 66.5 cm³/mol. The van der Waals surface area contributed by atoms with Crippen LogP contribution in [0.3, 0.4) is 0 Å². The van der Waals surface area contributed by atoms with Crippen LogP contribution in [0.2, 0.25) is 0 Å². The van der Waals surface area contributed by atoms with Crippen molar-refractivity contribution in [2.75, 3.05) is 0 Å². The van der Waals surface area contributed by atoms with Gasteiger partial charge in [0.2, 0.25) is 0 Å². The van der Waals surface area contributed by atoms with Crippen molar-refractivity contribution >= 4 is 18.5 Å². The molecule has 0 bridgehead atoms. The van der Waals surface area contributed by atoms with E-state index in [1.807, 2.05) is 12.1 Å². The average Bonchev–Trinajstić information content (AvgIpc) is 2.63. The normalized spacial score (nSPS) is 12.2. The van der Waals surface area contributed by atoms with Crippen LogP contribution in [0, 0.1) is 0 Å². The van der Waals surface area contributed by atoms with Crippen molar-refractivity contribution in [3.05, 3.63) is 59.7 Å². The summed E-state index contributed by atoms with van der Waals surface area (Å²) < 4.78 is 4.08. The Hall–Kier alpha value is -1.54. The highest BCUT2D eigenvalue weighted by atomic mass is 32.1. The molecule has 0 aromatic heterocycles. The number of thiol groups is 1. The molecule has 15 heavy (non-hydrogen) atoms. The lowest BCUT2D eigenvalue weighted by Gasteiger charge is -1.97. The molecule has 0 fully saturated rings. The van der Waals surface area contributed by atoms with Crippen LogP contribution >= 0.6 is 12.8 Å². The van der Waals surface area contributed by atoms with Crippen molar-refractivity contribution in [1.29, 1.82) is 0 Å². The minimum Gasteiger partial charge on any atom is -0.219 e. The van der Waals surface area contributed by atoms with Gasteiger partial charge in [-0.3, -0.25) is 0 Å². The molecule has 1 aliphatic carbocycles. The molecule has 0 spiro atoms. The number of hydrogen-bond acceptors (Lipinski definition) is 2. The third kappa shape index (κ3) is 1.15. The SMILES string of the molecule is SN=C1c2ccccc2-c2ccccc21. The number of nitrogens with zero attached hydrogens (tertiary/aromatic N) is 1. The van der Waals surface area contributed by atoms with Crippen LogP contribution in [0.1, 0.15) is 11.1 Å². The molecule has 2 aromatic rings. The Balaban J connectivity index is 2.41. The molecule has 72 valence electrons. The minimum absolute atomic E-state index is 0.976. The third-order valence-corrected chi connectivity index (χ3v) is 2.95. The fraction of sp³-hybridized carbons (Fsp3) is 0. The van der Waals surface area contributed by atoms with E-state index in [-0.39, 0.29) is 0 Å². The summed E-state index contributed by atoms with van der Waals surface area (Å²) in [4.78, 5) is 0. The lowest BCUT2D eigenvalue weighted by molar-refractivity contribution is 1.65. The summed E-state index contributed by atoms with van der Waals surface area (Å²) in [5.74, 6) is 0. The van der Waals surface area contributed by atoms with E-state index in [0.29, 0.717) is 0 Å². The Morgan fingerprint density at radius 3 is 1.47 bits per heavy atom. The molecule has 0 N–H and O–H groups in total. The van der Waals surface area contributed by atoms with Gasteiger partial charge in [-0.15, -0.1) is 0 Å². The zero-order valence-electron chi connectivity index (χ0n) is 8.01. The first-order chi connectivity index (χ1) is 7.42. The zero-order valence-corrected chi connectivity index (χ0v) is 8.91. The van der Waals surface area contributed by atoms with E-state index >= 15 is 0 Å². The number of fused-ring (bicyclic) bond motifs is 3. The number of rotatable bonds is 0. The van der Waals surface area contributed by atoms with Gasteiger partial charge in [-0.05, 0) is 23.9 Å². The lowest BCUT2D eigenvalue weighted by atomic mass is 10.1. The molecule has 3 rings (SSSR count). The molecule has 1 nitrogen and oxygen atoms in total. The topological polar surface area (TPSA) is 12.4 Å². The summed E-state index contributed by atoms with van der Waals surface area (Å²) in [5.41, 5.74) is 5.83. The maximum Gasteiger partial charge on any atom is 0.0867 e. The van der Waals surface area contributed by atoms with Crippen molar-refractivity contribution in [3.63, 3.8) is 0 Å². The Morgan fingerprint density at radius 1 is 0.667 bits per heavy atom. The monoisotopic (exact) mass is 211 g/mol.